The third-order valence-corrected chi connectivity index (χ3v) is 9.10. The van der Waals surface area contributed by atoms with Crippen LogP contribution in [0.15, 0.2) is 159 Å². The van der Waals surface area contributed by atoms with Crippen LogP contribution in [-0.4, -0.2) is 0 Å². The monoisotopic (exact) mass is 576 g/mol. The Bertz CT molecular complexity index is 2760. The fourth-order valence-corrected chi connectivity index (χ4v) is 6.92. The molecule has 7 aromatic carbocycles. The summed E-state index contributed by atoms with van der Waals surface area (Å²) < 4.78 is 19.2. The molecule has 45 heavy (non-hydrogen) atoms. The van der Waals surface area contributed by atoms with Crippen molar-refractivity contribution >= 4 is 65.8 Å². The van der Waals surface area contributed by atoms with Crippen molar-refractivity contribution in [2.24, 2.45) is 0 Å². The number of furan rings is 3. The maximum absolute atomic E-state index is 6.82. The summed E-state index contributed by atoms with van der Waals surface area (Å²) in [7, 11) is 0. The SMILES string of the molecule is c1ccc(-c2ccc3oc4ccc(-c5cccc6c5oc5c(-c7ccc8oc9ccccc9c8c7)cccc56)cc4c3c2)cc1. The molecule has 3 heteroatoms. The van der Waals surface area contributed by atoms with Crippen molar-refractivity contribution in [2.45, 2.75) is 0 Å². The first-order chi connectivity index (χ1) is 22.3. The lowest BCUT2D eigenvalue weighted by Gasteiger charge is -2.04. The van der Waals surface area contributed by atoms with Gasteiger partial charge in [0.05, 0.1) is 0 Å². The average Bonchev–Trinajstić information content (AvgIpc) is 3.79. The zero-order chi connectivity index (χ0) is 29.5. The Kier molecular flexibility index (Phi) is 5.00. The van der Waals surface area contributed by atoms with Crippen LogP contribution in [0.4, 0.5) is 0 Å². The molecule has 10 rings (SSSR count). The first-order valence-corrected chi connectivity index (χ1v) is 15.2. The van der Waals surface area contributed by atoms with Crippen molar-refractivity contribution in [3.8, 4) is 33.4 Å². The lowest BCUT2D eigenvalue weighted by Crippen LogP contribution is -1.79. The van der Waals surface area contributed by atoms with Gasteiger partial charge in [-0.3, -0.25) is 0 Å². The summed E-state index contributed by atoms with van der Waals surface area (Å²) in [5, 5.41) is 6.62. The Morgan fingerprint density at radius 2 is 0.733 bits per heavy atom. The predicted octanol–water partition coefficient (Wildman–Crippen LogP) is 12.4. The summed E-state index contributed by atoms with van der Waals surface area (Å²) in [4.78, 5) is 0. The van der Waals surface area contributed by atoms with Gasteiger partial charge in [-0.1, -0.05) is 103 Å². The van der Waals surface area contributed by atoms with Gasteiger partial charge >= 0.3 is 0 Å². The van der Waals surface area contributed by atoms with E-state index in [-0.39, 0.29) is 0 Å². The highest BCUT2D eigenvalue weighted by Gasteiger charge is 2.18. The Morgan fingerprint density at radius 1 is 0.267 bits per heavy atom. The van der Waals surface area contributed by atoms with Gasteiger partial charge in [-0.25, -0.2) is 0 Å². The third-order valence-electron chi connectivity index (χ3n) is 9.10. The van der Waals surface area contributed by atoms with Crippen molar-refractivity contribution in [3.05, 3.63) is 146 Å². The Labute approximate surface area is 257 Å². The summed E-state index contributed by atoms with van der Waals surface area (Å²) in [6.45, 7) is 0. The van der Waals surface area contributed by atoms with Crippen molar-refractivity contribution in [2.75, 3.05) is 0 Å². The highest BCUT2D eigenvalue weighted by Crippen LogP contribution is 2.42. The fraction of sp³-hybridized carbons (Fsp3) is 0. The van der Waals surface area contributed by atoms with Crippen LogP contribution in [0, 0.1) is 0 Å². The van der Waals surface area contributed by atoms with Gasteiger partial charge in [-0.2, -0.15) is 0 Å². The second-order valence-electron chi connectivity index (χ2n) is 11.7. The zero-order valence-electron chi connectivity index (χ0n) is 24.1. The summed E-state index contributed by atoms with van der Waals surface area (Å²) >= 11 is 0. The quantitative estimate of drug-likeness (QED) is 0.210. The lowest BCUT2D eigenvalue weighted by molar-refractivity contribution is 0.668. The summed E-state index contributed by atoms with van der Waals surface area (Å²) in [6, 6.07) is 50.7. The highest BCUT2D eigenvalue weighted by molar-refractivity contribution is 6.15. The van der Waals surface area contributed by atoms with Crippen LogP contribution >= 0.6 is 0 Å². The minimum Gasteiger partial charge on any atom is -0.456 e. The first kappa shape index (κ1) is 24.4. The molecule has 0 atom stereocenters. The molecule has 0 saturated carbocycles. The molecule has 0 spiro atoms. The fourth-order valence-electron chi connectivity index (χ4n) is 6.92. The Balaban J connectivity index is 1.15. The van der Waals surface area contributed by atoms with E-state index in [2.05, 4.69) is 127 Å². The molecule has 0 unspecified atom stereocenters. The third kappa shape index (κ3) is 3.65. The van der Waals surface area contributed by atoms with Crippen LogP contribution in [0.5, 0.6) is 0 Å². The molecule has 0 aliphatic carbocycles. The summed E-state index contributed by atoms with van der Waals surface area (Å²) in [6.07, 6.45) is 0. The van der Waals surface area contributed by atoms with Crippen LogP contribution in [0.2, 0.25) is 0 Å². The van der Waals surface area contributed by atoms with E-state index < -0.39 is 0 Å². The van der Waals surface area contributed by atoms with Gasteiger partial charge in [-0.05, 0) is 64.7 Å². The Morgan fingerprint density at radius 3 is 1.36 bits per heavy atom. The van der Waals surface area contributed by atoms with Crippen LogP contribution in [0.25, 0.3) is 99.2 Å². The number of hydrogen-bond acceptors (Lipinski definition) is 3. The van der Waals surface area contributed by atoms with Gasteiger partial charge in [0.15, 0.2) is 0 Å². The summed E-state index contributed by atoms with van der Waals surface area (Å²) in [5.41, 5.74) is 12.0. The molecule has 0 fully saturated rings. The molecule has 3 heterocycles. The van der Waals surface area contributed by atoms with E-state index >= 15 is 0 Å². The van der Waals surface area contributed by atoms with Gasteiger partial charge in [0.1, 0.15) is 33.5 Å². The van der Waals surface area contributed by atoms with E-state index in [1.807, 2.05) is 18.2 Å². The van der Waals surface area contributed by atoms with Crippen molar-refractivity contribution in [1.82, 2.24) is 0 Å². The van der Waals surface area contributed by atoms with Gasteiger partial charge in [0.25, 0.3) is 0 Å². The Hall–Kier alpha value is -6.06. The average molecular weight is 577 g/mol. The first-order valence-electron chi connectivity index (χ1n) is 15.2. The van der Waals surface area contributed by atoms with E-state index in [0.717, 1.165) is 88.1 Å². The molecule has 10 aromatic rings. The van der Waals surface area contributed by atoms with E-state index in [0.29, 0.717) is 0 Å². The normalized spacial score (nSPS) is 12.0. The molecule has 0 N–H and O–H groups in total. The topological polar surface area (TPSA) is 39.4 Å². The van der Waals surface area contributed by atoms with Crippen molar-refractivity contribution in [3.63, 3.8) is 0 Å². The van der Waals surface area contributed by atoms with Crippen LogP contribution in [-0.2, 0) is 0 Å². The summed E-state index contributed by atoms with van der Waals surface area (Å²) in [5.74, 6) is 0. The maximum Gasteiger partial charge on any atom is 0.143 e. The number of hydrogen-bond donors (Lipinski definition) is 0. The minimum absolute atomic E-state index is 0.875. The second kappa shape index (κ2) is 9.22. The number of fused-ring (bicyclic) bond motifs is 9. The largest absolute Gasteiger partial charge is 0.456 e. The molecule has 0 aliphatic rings. The highest BCUT2D eigenvalue weighted by atomic mass is 16.3. The van der Waals surface area contributed by atoms with Gasteiger partial charge < -0.3 is 13.3 Å². The zero-order valence-corrected chi connectivity index (χ0v) is 24.1. The molecular weight excluding hydrogens is 552 g/mol. The molecular formula is C42H24O3. The molecule has 0 amide bonds. The van der Waals surface area contributed by atoms with E-state index in [1.165, 1.54) is 11.1 Å². The smallest absolute Gasteiger partial charge is 0.143 e. The number of rotatable bonds is 3. The number of benzene rings is 7. The molecule has 0 radical (unpaired) electrons. The standard InChI is InChI=1S/C42H24O3/c1-2-8-25(9-3-1)26-16-19-39-35(22-26)36-24-28(18-21-40(36)44-39)30-12-7-14-33-32-13-6-11-29(41(32)45-42(30)33)27-17-20-38-34(23-27)31-10-4-5-15-37(31)43-38/h1-24H. The maximum atomic E-state index is 6.82. The van der Waals surface area contributed by atoms with E-state index in [4.69, 9.17) is 13.3 Å². The van der Waals surface area contributed by atoms with Gasteiger partial charge in [0.2, 0.25) is 0 Å². The van der Waals surface area contributed by atoms with Crippen molar-refractivity contribution < 1.29 is 13.3 Å². The number of para-hydroxylation sites is 3. The minimum atomic E-state index is 0.875. The molecule has 210 valence electrons. The molecule has 3 nitrogen and oxygen atoms in total. The van der Waals surface area contributed by atoms with Crippen LogP contribution < -0.4 is 0 Å². The predicted molar refractivity (Wildman–Crippen MR) is 185 cm³/mol. The van der Waals surface area contributed by atoms with Crippen LogP contribution in [0.1, 0.15) is 0 Å². The van der Waals surface area contributed by atoms with E-state index in [9.17, 15) is 0 Å². The molecule has 0 saturated heterocycles. The molecule has 3 aromatic heterocycles. The van der Waals surface area contributed by atoms with E-state index in [1.54, 1.807) is 0 Å². The van der Waals surface area contributed by atoms with Gasteiger partial charge in [-0.15, -0.1) is 0 Å². The molecule has 0 bridgehead atoms. The van der Waals surface area contributed by atoms with Crippen molar-refractivity contribution in [1.29, 1.82) is 0 Å². The molecule has 0 aliphatic heterocycles. The lowest BCUT2D eigenvalue weighted by atomic mass is 9.98. The second-order valence-corrected chi connectivity index (χ2v) is 11.7. The van der Waals surface area contributed by atoms with Gasteiger partial charge in [0, 0.05) is 43.4 Å². The van der Waals surface area contributed by atoms with Crippen LogP contribution in [0.3, 0.4) is 0 Å².